The van der Waals surface area contributed by atoms with E-state index in [1.807, 2.05) is 17.0 Å². The number of hydrogen-bond acceptors (Lipinski definition) is 3. The van der Waals surface area contributed by atoms with E-state index in [-0.39, 0.29) is 18.3 Å². The highest BCUT2D eigenvalue weighted by molar-refractivity contribution is 5.94. The van der Waals surface area contributed by atoms with E-state index in [0.717, 1.165) is 57.2 Å². The van der Waals surface area contributed by atoms with Crippen LogP contribution in [0.4, 0.5) is 0 Å². The first-order valence-electron chi connectivity index (χ1n) is 9.07. The van der Waals surface area contributed by atoms with Crippen LogP contribution in [0.2, 0.25) is 0 Å². The number of carbonyl (C=O) groups excluding carboxylic acids is 1. The monoisotopic (exact) mass is 351 g/mol. The van der Waals surface area contributed by atoms with Crippen LogP contribution in [0.15, 0.2) is 24.3 Å². The molecule has 1 amide bonds. The molecule has 2 fully saturated rings. The molecule has 1 aromatic rings. The molecular formula is C19H30ClN3O. The van der Waals surface area contributed by atoms with Crippen LogP contribution in [-0.2, 0) is 6.42 Å². The fourth-order valence-electron chi connectivity index (χ4n) is 3.63. The Morgan fingerprint density at radius 1 is 1.08 bits per heavy atom. The number of hydrogen-bond donors (Lipinski definition) is 1. The van der Waals surface area contributed by atoms with Crippen molar-refractivity contribution < 1.29 is 4.79 Å². The third-order valence-electron chi connectivity index (χ3n) is 5.24. The van der Waals surface area contributed by atoms with Gasteiger partial charge in [-0.2, -0.15) is 0 Å². The number of nitrogens with one attached hydrogen (secondary N) is 1. The van der Waals surface area contributed by atoms with Gasteiger partial charge in [0.05, 0.1) is 0 Å². The maximum atomic E-state index is 12.6. The van der Waals surface area contributed by atoms with E-state index < -0.39 is 0 Å². The van der Waals surface area contributed by atoms with Gasteiger partial charge in [0.1, 0.15) is 0 Å². The van der Waals surface area contributed by atoms with Crippen LogP contribution in [0.5, 0.6) is 0 Å². The molecule has 2 aliphatic heterocycles. The number of carbonyl (C=O) groups is 1. The van der Waals surface area contributed by atoms with Gasteiger partial charge in [0, 0.05) is 38.3 Å². The second kappa shape index (κ2) is 9.40. The molecule has 2 aliphatic rings. The lowest BCUT2D eigenvalue weighted by Gasteiger charge is -2.37. The summed E-state index contributed by atoms with van der Waals surface area (Å²) >= 11 is 0. The molecule has 134 valence electrons. The van der Waals surface area contributed by atoms with Gasteiger partial charge in [0.2, 0.25) is 0 Å². The molecule has 0 atom stereocenters. The summed E-state index contributed by atoms with van der Waals surface area (Å²) in [7, 11) is 0. The lowest BCUT2D eigenvalue weighted by atomic mass is 9.97. The number of piperazine rings is 1. The van der Waals surface area contributed by atoms with Crippen molar-refractivity contribution in [2.45, 2.75) is 26.2 Å². The molecule has 0 radical (unpaired) electrons. The van der Waals surface area contributed by atoms with E-state index in [1.54, 1.807) is 0 Å². The Labute approximate surface area is 152 Å². The Bertz CT molecular complexity index is 506. The first-order chi connectivity index (χ1) is 11.3. The van der Waals surface area contributed by atoms with E-state index in [0.29, 0.717) is 0 Å². The molecule has 1 N–H and O–H groups in total. The first-order valence-corrected chi connectivity index (χ1v) is 9.07. The Morgan fingerprint density at radius 2 is 1.71 bits per heavy atom. The SMILES string of the molecule is CCc1ccc(C(=O)N2CCN(CC3CCNCC3)CC2)cc1.Cl. The lowest BCUT2D eigenvalue weighted by Crippen LogP contribution is -2.50. The van der Waals surface area contributed by atoms with Crippen molar-refractivity contribution in [2.24, 2.45) is 5.92 Å². The van der Waals surface area contributed by atoms with Gasteiger partial charge >= 0.3 is 0 Å². The predicted molar refractivity (Wildman–Crippen MR) is 101 cm³/mol. The summed E-state index contributed by atoms with van der Waals surface area (Å²) in [6, 6.07) is 8.09. The summed E-state index contributed by atoms with van der Waals surface area (Å²) in [5, 5.41) is 3.43. The standard InChI is InChI=1S/C19H29N3O.ClH/c1-2-16-3-5-18(6-4-16)19(23)22-13-11-21(12-14-22)15-17-7-9-20-10-8-17;/h3-6,17,20H,2,7-15H2,1H3;1H. The smallest absolute Gasteiger partial charge is 0.253 e. The molecule has 0 bridgehead atoms. The number of nitrogens with zero attached hydrogens (tertiary/aromatic N) is 2. The number of piperidine rings is 1. The number of rotatable bonds is 4. The third kappa shape index (κ3) is 4.95. The zero-order chi connectivity index (χ0) is 16.1. The average molecular weight is 352 g/mol. The van der Waals surface area contributed by atoms with Crippen LogP contribution < -0.4 is 5.32 Å². The third-order valence-corrected chi connectivity index (χ3v) is 5.24. The molecule has 2 heterocycles. The van der Waals surface area contributed by atoms with Crippen LogP contribution in [-0.4, -0.2) is 61.5 Å². The zero-order valence-corrected chi connectivity index (χ0v) is 15.5. The van der Waals surface area contributed by atoms with E-state index in [2.05, 4.69) is 29.3 Å². The fraction of sp³-hybridized carbons (Fsp3) is 0.632. The van der Waals surface area contributed by atoms with Crippen LogP contribution in [0.3, 0.4) is 0 Å². The molecule has 0 unspecified atom stereocenters. The van der Waals surface area contributed by atoms with Gasteiger partial charge in [-0.25, -0.2) is 0 Å². The Hall–Kier alpha value is -1.10. The van der Waals surface area contributed by atoms with Gasteiger partial charge in [-0.05, 0) is 56.0 Å². The minimum Gasteiger partial charge on any atom is -0.336 e. The number of amides is 1. The summed E-state index contributed by atoms with van der Waals surface area (Å²) in [4.78, 5) is 17.2. The van der Waals surface area contributed by atoms with E-state index in [9.17, 15) is 4.79 Å². The maximum absolute atomic E-state index is 12.6. The fourth-order valence-corrected chi connectivity index (χ4v) is 3.63. The lowest BCUT2D eigenvalue weighted by molar-refractivity contribution is 0.0608. The average Bonchev–Trinajstić information content (AvgIpc) is 2.63. The molecule has 4 nitrogen and oxygen atoms in total. The van der Waals surface area contributed by atoms with Gasteiger partial charge in [-0.15, -0.1) is 12.4 Å². The molecule has 0 aliphatic carbocycles. The Morgan fingerprint density at radius 3 is 2.29 bits per heavy atom. The molecule has 3 rings (SSSR count). The number of halogens is 1. The second-order valence-electron chi connectivity index (χ2n) is 6.84. The summed E-state index contributed by atoms with van der Waals surface area (Å²) in [6.45, 7) is 9.42. The van der Waals surface area contributed by atoms with Crippen molar-refractivity contribution in [1.29, 1.82) is 0 Å². The molecule has 1 aromatic carbocycles. The van der Waals surface area contributed by atoms with Crippen molar-refractivity contribution in [3.63, 3.8) is 0 Å². The Kier molecular flexibility index (Phi) is 7.53. The van der Waals surface area contributed by atoms with Gasteiger partial charge in [0.25, 0.3) is 5.91 Å². The van der Waals surface area contributed by atoms with Crippen molar-refractivity contribution in [3.05, 3.63) is 35.4 Å². The molecular weight excluding hydrogens is 322 g/mol. The molecule has 24 heavy (non-hydrogen) atoms. The van der Waals surface area contributed by atoms with Crippen LogP contribution in [0, 0.1) is 5.92 Å². The topological polar surface area (TPSA) is 35.6 Å². The van der Waals surface area contributed by atoms with E-state index in [4.69, 9.17) is 0 Å². The molecule has 2 saturated heterocycles. The van der Waals surface area contributed by atoms with E-state index >= 15 is 0 Å². The van der Waals surface area contributed by atoms with E-state index in [1.165, 1.54) is 24.9 Å². The van der Waals surface area contributed by atoms with Crippen LogP contribution in [0.1, 0.15) is 35.7 Å². The highest BCUT2D eigenvalue weighted by Gasteiger charge is 2.24. The predicted octanol–water partition coefficient (Wildman–Crippen LogP) is 2.43. The minimum atomic E-state index is 0. The first kappa shape index (κ1) is 19.2. The Balaban J connectivity index is 0.00000208. The molecule has 5 heteroatoms. The summed E-state index contributed by atoms with van der Waals surface area (Å²) in [5.74, 6) is 1.02. The largest absolute Gasteiger partial charge is 0.336 e. The quantitative estimate of drug-likeness (QED) is 0.905. The van der Waals surface area contributed by atoms with Crippen molar-refractivity contribution in [3.8, 4) is 0 Å². The summed E-state index contributed by atoms with van der Waals surface area (Å²) in [5.41, 5.74) is 2.11. The molecule has 0 spiro atoms. The summed E-state index contributed by atoms with van der Waals surface area (Å²) < 4.78 is 0. The van der Waals surface area contributed by atoms with Gasteiger partial charge in [-0.1, -0.05) is 19.1 Å². The zero-order valence-electron chi connectivity index (χ0n) is 14.7. The number of benzene rings is 1. The van der Waals surface area contributed by atoms with Gasteiger partial charge in [-0.3, -0.25) is 9.69 Å². The molecule has 0 saturated carbocycles. The van der Waals surface area contributed by atoms with Crippen molar-refractivity contribution in [2.75, 3.05) is 45.8 Å². The van der Waals surface area contributed by atoms with Gasteiger partial charge in [0.15, 0.2) is 0 Å². The second-order valence-corrected chi connectivity index (χ2v) is 6.84. The van der Waals surface area contributed by atoms with Crippen molar-refractivity contribution in [1.82, 2.24) is 15.1 Å². The highest BCUT2D eigenvalue weighted by Crippen LogP contribution is 2.16. The van der Waals surface area contributed by atoms with Gasteiger partial charge < -0.3 is 10.2 Å². The minimum absolute atomic E-state index is 0. The number of aryl methyl sites for hydroxylation is 1. The normalized spacial score (nSPS) is 19.8. The van der Waals surface area contributed by atoms with Crippen molar-refractivity contribution >= 4 is 18.3 Å². The van der Waals surface area contributed by atoms with Crippen LogP contribution in [0.25, 0.3) is 0 Å². The van der Waals surface area contributed by atoms with Crippen LogP contribution >= 0.6 is 12.4 Å². The maximum Gasteiger partial charge on any atom is 0.253 e. The highest BCUT2D eigenvalue weighted by atomic mass is 35.5. The summed E-state index contributed by atoms with van der Waals surface area (Å²) in [6.07, 6.45) is 3.61. The molecule has 0 aromatic heterocycles.